The van der Waals surface area contributed by atoms with Crippen LogP contribution in [-0.2, 0) is 11.8 Å². The van der Waals surface area contributed by atoms with E-state index >= 15 is 0 Å². The van der Waals surface area contributed by atoms with Gasteiger partial charge in [-0.2, -0.15) is 0 Å². The Hall–Kier alpha value is -3.69. The van der Waals surface area contributed by atoms with Crippen LogP contribution >= 0.6 is 23.1 Å². The smallest absolute Gasteiger partial charge is 0.295 e. The highest BCUT2D eigenvalue weighted by molar-refractivity contribution is 8.00. The van der Waals surface area contributed by atoms with Crippen molar-refractivity contribution in [2.45, 2.75) is 18.9 Å². The van der Waals surface area contributed by atoms with Gasteiger partial charge in [0, 0.05) is 18.0 Å². The van der Waals surface area contributed by atoms with Crippen LogP contribution in [0.25, 0.3) is 27.0 Å². The minimum atomic E-state index is -0.265. The third-order valence-electron chi connectivity index (χ3n) is 5.86. The molecule has 0 aliphatic heterocycles. The number of amides is 1. The quantitative estimate of drug-likeness (QED) is 0.256. The highest BCUT2D eigenvalue weighted by Gasteiger charge is 2.19. The van der Waals surface area contributed by atoms with Crippen molar-refractivity contribution in [1.29, 1.82) is 0 Å². The Morgan fingerprint density at radius 2 is 1.80 bits per heavy atom. The number of hydrogen-bond acceptors (Lipinski definition) is 6. The van der Waals surface area contributed by atoms with Gasteiger partial charge in [-0.3, -0.25) is 14.3 Å². The average Bonchev–Trinajstić information content (AvgIpc) is 3.39. The zero-order valence-corrected chi connectivity index (χ0v) is 21.1. The van der Waals surface area contributed by atoms with E-state index in [9.17, 15) is 9.59 Å². The predicted molar refractivity (Wildman–Crippen MR) is 143 cm³/mol. The van der Waals surface area contributed by atoms with Crippen molar-refractivity contribution < 1.29 is 4.79 Å². The van der Waals surface area contributed by atoms with Crippen molar-refractivity contribution in [2.24, 2.45) is 7.05 Å². The first-order valence-electron chi connectivity index (χ1n) is 11.0. The van der Waals surface area contributed by atoms with Crippen LogP contribution in [-0.4, -0.2) is 31.0 Å². The van der Waals surface area contributed by atoms with Gasteiger partial charge >= 0.3 is 0 Å². The van der Waals surface area contributed by atoms with Crippen LogP contribution in [0.5, 0.6) is 0 Å². The zero-order valence-electron chi connectivity index (χ0n) is 19.5. The number of hydrogen-bond donors (Lipinski definition) is 1. The molecule has 0 spiro atoms. The third kappa shape index (κ3) is 4.40. The van der Waals surface area contributed by atoms with Crippen molar-refractivity contribution >= 4 is 44.9 Å². The molecule has 7 nitrogen and oxygen atoms in total. The molecule has 5 aromatic rings. The molecular weight excluding hydrogens is 478 g/mol. The number of aryl methyl sites for hydroxylation is 1. The van der Waals surface area contributed by atoms with Crippen molar-refractivity contribution in [2.75, 3.05) is 11.1 Å². The average molecular weight is 502 g/mol. The van der Waals surface area contributed by atoms with Gasteiger partial charge in [0.05, 0.1) is 22.5 Å². The SMILES string of the molecule is Cc1ccc(-c2csc3ncnc(SCC(=O)Nc4c(C)n(C)n(-c5ccccc5)c4=O)c23)cc1. The molecule has 0 atom stereocenters. The van der Waals surface area contributed by atoms with Crippen molar-refractivity contribution in [3.8, 4) is 16.8 Å². The number of carbonyl (C=O) groups is 1. The Bertz CT molecular complexity index is 1580. The summed E-state index contributed by atoms with van der Waals surface area (Å²) < 4.78 is 3.29. The molecule has 2 aromatic carbocycles. The lowest BCUT2D eigenvalue weighted by Gasteiger charge is -2.07. The highest BCUT2D eigenvalue weighted by Crippen LogP contribution is 2.37. The van der Waals surface area contributed by atoms with Crippen LogP contribution in [0, 0.1) is 13.8 Å². The molecule has 1 N–H and O–H groups in total. The summed E-state index contributed by atoms with van der Waals surface area (Å²) in [6.45, 7) is 3.87. The first kappa shape index (κ1) is 23.1. The number of fused-ring (bicyclic) bond motifs is 1. The van der Waals surface area contributed by atoms with E-state index in [1.54, 1.807) is 27.7 Å². The Kier molecular flexibility index (Phi) is 6.27. The molecule has 35 heavy (non-hydrogen) atoms. The number of aromatic nitrogens is 4. The van der Waals surface area contributed by atoms with E-state index in [0.29, 0.717) is 5.69 Å². The van der Waals surface area contributed by atoms with Gasteiger partial charge in [-0.25, -0.2) is 14.6 Å². The predicted octanol–water partition coefficient (Wildman–Crippen LogP) is 5.20. The second-order valence-electron chi connectivity index (χ2n) is 8.15. The summed E-state index contributed by atoms with van der Waals surface area (Å²) in [6.07, 6.45) is 1.53. The molecule has 3 aromatic heterocycles. The molecule has 5 rings (SSSR count). The molecule has 0 saturated heterocycles. The topological polar surface area (TPSA) is 81.8 Å². The third-order valence-corrected chi connectivity index (χ3v) is 7.73. The Morgan fingerprint density at radius 1 is 1.06 bits per heavy atom. The van der Waals surface area contributed by atoms with Crippen LogP contribution in [0.1, 0.15) is 11.3 Å². The number of nitrogens with zero attached hydrogens (tertiary/aromatic N) is 4. The van der Waals surface area contributed by atoms with Gasteiger partial charge < -0.3 is 5.32 Å². The minimum Gasteiger partial charge on any atom is -0.319 e. The van der Waals surface area contributed by atoms with Crippen molar-refractivity contribution in [1.82, 2.24) is 19.3 Å². The zero-order chi connectivity index (χ0) is 24.5. The molecule has 0 fully saturated rings. The Morgan fingerprint density at radius 3 is 2.54 bits per heavy atom. The van der Waals surface area contributed by atoms with E-state index in [1.807, 2.05) is 37.3 Å². The summed E-state index contributed by atoms with van der Waals surface area (Å²) in [5, 5.41) is 6.59. The van der Waals surface area contributed by atoms with Crippen LogP contribution in [0.15, 0.2) is 76.1 Å². The number of rotatable bonds is 6. The maximum atomic E-state index is 13.1. The number of thioether (sulfide) groups is 1. The number of nitrogens with one attached hydrogen (secondary N) is 1. The van der Waals surface area contributed by atoms with Gasteiger partial charge in [0.15, 0.2) is 0 Å². The summed E-state index contributed by atoms with van der Waals surface area (Å²) in [6, 6.07) is 17.7. The molecule has 0 saturated carbocycles. The van der Waals surface area contributed by atoms with E-state index in [4.69, 9.17) is 0 Å². The highest BCUT2D eigenvalue weighted by atomic mass is 32.2. The number of thiophene rings is 1. The first-order chi connectivity index (χ1) is 16.9. The van der Waals surface area contributed by atoms with Gasteiger partial charge in [0.1, 0.15) is 21.9 Å². The molecule has 0 bridgehead atoms. The molecule has 3 heterocycles. The lowest BCUT2D eigenvalue weighted by atomic mass is 10.1. The van der Waals surface area contributed by atoms with E-state index in [0.717, 1.165) is 32.1 Å². The lowest BCUT2D eigenvalue weighted by molar-refractivity contribution is -0.113. The van der Waals surface area contributed by atoms with Crippen LogP contribution in [0.2, 0.25) is 0 Å². The van der Waals surface area contributed by atoms with Gasteiger partial charge in [-0.15, -0.1) is 11.3 Å². The van der Waals surface area contributed by atoms with Gasteiger partial charge in [-0.05, 0) is 31.5 Å². The van der Waals surface area contributed by atoms with E-state index in [2.05, 4.69) is 51.9 Å². The fourth-order valence-corrected chi connectivity index (χ4v) is 5.72. The van der Waals surface area contributed by atoms with E-state index < -0.39 is 0 Å². The second kappa shape index (κ2) is 9.52. The first-order valence-corrected chi connectivity index (χ1v) is 12.9. The van der Waals surface area contributed by atoms with E-state index in [-0.39, 0.29) is 22.9 Å². The maximum Gasteiger partial charge on any atom is 0.295 e. The van der Waals surface area contributed by atoms with Crippen LogP contribution < -0.4 is 10.9 Å². The molecule has 9 heteroatoms. The number of benzene rings is 2. The molecule has 0 radical (unpaired) electrons. The summed E-state index contributed by atoms with van der Waals surface area (Å²) in [5.74, 6) is -0.145. The fourth-order valence-electron chi connectivity index (χ4n) is 3.92. The molecular formula is C26H23N5O2S2. The summed E-state index contributed by atoms with van der Waals surface area (Å²) in [7, 11) is 1.80. The normalized spacial score (nSPS) is 11.2. The number of para-hydroxylation sites is 1. The molecule has 0 unspecified atom stereocenters. The fraction of sp³-hybridized carbons (Fsp3) is 0.154. The lowest BCUT2D eigenvalue weighted by Crippen LogP contribution is -2.23. The van der Waals surface area contributed by atoms with Gasteiger partial charge in [0.25, 0.3) is 5.56 Å². The van der Waals surface area contributed by atoms with Crippen molar-refractivity contribution in [3.63, 3.8) is 0 Å². The minimum absolute atomic E-state index is 0.119. The molecule has 1 amide bonds. The largest absolute Gasteiger partial charge is 0.319 e. The number of anilines is 1. The molecule has 0 aliphatic rings. The van der Waals surface area contributed by atoms with Gasteiger partial charge in [0.2, 0.25) is 5.91 Å². The Labute approximate surface area is 210 Å². The van der Waals surface area contributed by atoms with Crippen LogP contribution in [0.3, 0.4) is 0 Å². The maximum absolute atomic E-state index is 13.1. The summed E-state index contributed by atoms with van der Waals surface area (Å²) >= 11 is 2.90. The Balaban J connectivity index is 1.38. The van der Waals surface area contributed by atoms with Crippen LogP contribution in [0.4, 0.5) is 5.69 Å². The van der Waals surface area contributed by atoms with E-state index in [1.165, 1.54) is 23.7 Å². The molecule has 0 aliphatic carbocycles. The van der Waals surface area contributed by atoms with Crippen molar-refractivity contribution in [3.05, 3.63) is 87.9 Å². The summed E-state index contributed by atoms with van der Waals surface area (Å²) in [4.78, 5) is 35.7. The molecule has 176 valence electrons. The monoisotopic (exact) mass is 501 g/mol. The number of carbonyl (C=O) groups excluding carboxylic acids is 1. The van der Waals surface area contributed by atoms with Gasteiger partial charge in [-0.1, -0.05) is 59.8 Å². The summed E-state index contributed by atoms with van der Waals surface area (Å²) in [5.41, 5.74) is 4.77. The standard InChI is InChI=1S/C26H23N5O2S2/c1-16-9-11-18(12-10-16)20-13-34-24-22(20)25(28-15-27-24)35-14-21(32)29-23-17(2)30(3)31(26(23)33)19-7-5-4-6-8-19/h4-13,15H,14H2,1-3H3,(H,29,32). The second-order valence-corrected chi connectivity index (χ2v) is 9.97.